The minimum absolute atomic E-state index is 0.142. The molecule has 21 heavy (non-hydrogen) atoms. The lowest BCUT2D eigenvalue weighted by atomic mass is 10.3. The molecule has 1 aromatic carbocycles. The summed E-state index contributed by atoms with van der Waals surface area (Å²) in [5.74, 6) is -0.0914. The van der Waals surface area contributed by atoms with Crippen molar-refractivity contribution in [2.24, 2.45) is 0 Å². The second-order valence-corrected chi connectivity index (χ2v) is 4.80. The number of esters is 1. The molecule has 116 valence electrons. The van der Waals surface area contributed by atoms with Gasteiger partial charge in [-0.15, -0.1) is 0 Å². The van der Waals surface area contributed by atoms with Crippen LogP contribution in [-0.2, 0) is 14.3 Å². The Morgan fingerprint density at radius 2 is 2.38 bits per heavy atom. The second-order valence-electron chi connectivity index (χ2n) is 4.80. The van der Waals surface area contributed by atoms with Gasteiger partial charge in [-0.25, -0.2) is 4.39 Å². The summed E-state index contributed by atoms with van der Waals surface area (Å²) in [5, 5.41) is 0. The van der Waals surface area contributed by atoms with Crippen molar-refractivity contribution in [2.45, 2.75) is 13.0 Å². The molecular formula is C15H20FNO4. The van der Waals surface area contributed by atoms with Crippen molar-refractivity contribution in [1.82, 2.24) is 4.90 Å². The highest BCUT2D eigenvalue weighted by atomic mass is 19.1. The van der Waals surface area contributed by atoms with Crippen LogP contribution in [0, 0.1) is 5.82 Å². The van der Waals surface area contributed by atoms with Gasteiger partial charge in [0.2, 0.25) is 0 Å². The molecule has 2 rings (SSSR count). The molecule has 6 heteroatoms. The van der Waals surface area contributed by atoms with E-state index in [1.807, 2.05) is 4.90 Å². The van der Waals surface area contributed by atoms with Crippen molar-refractivity contribution in [2.75, 3.05) is 39.5 Å². The van der Waals surface area contributed by atoms with Gasteiger partial charge < -0.3 is 14.2 Å². The summed E-state index contributed by atoms with van der Waals surface area (Å²) in [6.07, 6.45) is -0.142. The van der Waals surface area contributed by atoms with E-state index < -0.39 is 0 Å². The molecule has 0 spiro atoms. The Bertz CT molecular complexity index is 469. The van der Waals surface area contributed by atoms with Crippen molar-refractivity contribution < 1.29 is 23.4 Å². The highest BCUT2D eigenvalue weighted by Crippen LogP contribution is 2.14. The van der Waals surface area contributed by atoms with E-state index in [1.165, 1.54) is 12.1 Å². The third-order valence-electron chi connectivity index (χ3n) is 3.11. The third-order valence-corrected chi connectivity index (χ3v) is 3.11. The molecule has 1 saturated heterocycles. The summed E-state index contributed by atoms with van der Waals surface area (Å²) in [6.45, 7) is 4.57. The molecule has 0 unspecified atom stereocenters. The Balaban J connectivity index is 1.77. The Hall–Kier alpha value is -1.66. The van der Waals surface area contributed by atoms with Gasteiger partial charge in [0.25, 0.3) is 0 Å². The predicted octanol–water partition coefficient (Wildman–Crippen LogP) is 1.47. The highest BCUT2D eigenvalue weighted by Gasteiger charge is 2.23. The molecule has 1 aromatic rings. The molecule has 0 N–H and O–H groups in total. The summed E-state index contributed by atoms with van der Waals surface area (Å²) < 4.78 is 29.1. The normalized spacial score (nSPS) is 19.2. The van der Waals surface area contributed by atoms with Gasteiger partial charge >= 0.3 is 5.97 Å². The van der Waals surface area contributed by atoms with Crippen molar-refractivity contribution in [3.8, 4) is 5.75 Å². The van der Waals surface area contributed by atoms with E-state index in [1.54, 1.807) is 19.1 Å². The Kier molecular flexibility index (Phi) is 5.95. The molecular weight excluding hydrogens is 277 g/mol. The van der Waals surface area contributed by atoms with Crippen LogP contribution in [0.5, 0.6) is 5.75 Å². The average Bonchev–Trinajstić information content (AvgIpc) is 2.46. The zero-order valence-corrected chi connectivity index (χ0v) is 12.1. The van der Waals surface area contributed by atoms with Crippen LogP contribution in [0.3, 0.4) is 0 Å². The maximum atomic E-state index is 13.0. The van der Waals surface area contributed by atoms with Gasteiger partial charge in [0.1, 0.15) is 24.3 Å². The number of benzene rings is 1. The Labute approximate surface area is 123 Å². The number of ether oxygens (including phenoxy) is 3. The summed E-state index contributed by atoms with van der Waals surface area (Å²) >= 11 is 0. The average molecular weight is 297 g/mol. The van der Waals surface area contributed by atoms with Crippen LogP contribution >= 0.6 is 0 Å². The van der Waals surface area contributed by atoms with E-state index >= 15 is 0 Å². The number of carbonyl (C=O) groups excluding carboxylic acids is 1. The third kappa shape index (κ3) is 5.32. The number of rotatable bonds is 6. The van der Waals surface area contributed by atoms with E-state index in [0.29, 0.717) is 38.7 Å². The van der Waals surface area contributed by atoms with Crippen LogP contribution in [0.25, 0.3) is 0 Å². The van der Waals surface area contributed by atoms with Gasteiger partial charge in [0.15, 0.2) is 0 Å². The second kappa shape index (κ2) is 7.95. The minimum atomic E-state index is -0.332. The van der Waals surface area contributed by atoms with Gasteiger partial charge in [-0.3, -0.25) is 9.69 Å². The molecule has 5 nitrogen and oxygen atoms in total. The molecule has 0 radical (unpaired) electrons. The SMILES string of the molecule is CCOC(=O)CN1CCO[C@@H](COc2cccc(F)c2)C1. The summed E-state index contributed by atoms with van der Waals surface area (Å²) in [5.41, 5.74) is 0. The van der Waals surface area contributed by atoms with Crippen molar-refractivity contribution in [1.29, 1.82) is 0 Å². The predicted molar refractivity (Wildman–Crippen MR) is 74.7 cm³/mol. The Morgan fingerprint density at radius 3 is 3.14 bits per heavy atom. The van der Waals surface area contributed by atoms with E-state index in [4.69, 9.17) is 14.2 Å². The van der Waals surface area contributed by atoms with Gasteiger partial charge in [0.05, 0.1) is 19.8 Å². The monoisotopic (exact) mass is 297 g/mol. The smallest absolute Gasteiger partial charge is 0.320 e. The molecule has 1 atom stereocenters. The maximum Gasteiger partial charge on any atom is 0.320 e. The lowest BCUT2D eigenvalue weighted by molar-refractivity contribution is -0.146. The van der Waals surface area contributed by atoms with Crippen LogP contribution in [0.1, 0.15) is 6.92 Å². The largest absolute Gasteiger partial charge is 0.491 e. The molecule has 1 fully saturated rings. The quantitative estimate of drug-likeness (QED) is 0.744. The van der Waals surface area contributed by atoms with E-state index in [2.05, 4.69) is 0 Å². The van der Waals surface area contributed by atoms with Gasteiger partial charge in [0, 0.05) is 19.2 Å². The van der Waals surface area contributed by atoms with Crippen LogP contribution in [0.4, 0.5) is 4.39 Å². The molecule has 0 amide bonds. The number of morpholine rings is 1. The summed E-state index contributed by atoms with van der Waals surface area (Å²) in [7, 11) is 0. The van der Waals surface area contributed by atoms with E-state index in [9.17, 15) is 9.18 Å². The molecule has 0 aliphatic carbocycles. The van der Waals surface area contributed by atoms with Gasteiger partial charge in [-0.05, 0) is 19.1 Å². The molecule has 0 aromatic heterocycles. The molecule has 1 aliphatic heterocycles. The number of carbonyl (C=O) groups is 1. The summed E-state index contributed by atoms with van der Waals surface area (Å²) in [4.78, 5) is 13.4. The van der Waals surface area contributed by atoms with Crippen LogP contribution in [0.2, 0.25) is 0 Å². The number of hydrogen-bond donors (Lipinski definition) is 0. The lowest BCUT2D eigenvalue weighted by Crippen LogP contribution is -2.47. The zero-order chi connectivity index (χ0) is 15.1. The van der Waals surface area contributed by atoms with E-state index in [-0.39, 0.29) is 24.4 Å². The Morgan fingerprint density at radius 1 is 1.52 bits per heavy atom. The molecule has 1 heterocycles. The first kappa shape index (κ1) is 15.7. The fourth-order valence-electron chi connectivity index (χ4n) is 2.16. The fourth-order valence-corrected chi connectivity index (χ4v) is 2.16. The fraction of sp³-hybridized carbons (Fsp3) is 0.533. The number of nitrogens with zero attached hydrogens (tertiary/aromatic N) is 1. The molecule has 0 saturated carbocycles. The van der Waals surface area contributed by atoms with Crippen LogP contribution in [0.15, 0.2) is 24.3 Å². The number of halogens is 1. The standard InChI is InChI=1S/C15H20FNO4/c1-2-19-15(18)10-17-6-7-20-14(9-17)11-21-13-5-3-4-12(16)8-13/h3-5,8,14H,2,6-7,9-11H2,1H3/t14-/m1/s1. The molecule has 1 aliphatic rings. The maximum absolute atomic E-state index is 13.0. The first-order valence-electron chi connectivity index (χ1n) is 7.05. The highest BCUT2D eigenvalue weighted by molar-refractivity contribution is 5.71. The van der Waals surface area contributed by atoms with Crippen molar-refractivity contribution in [3.63, 3.8) is 0 Å². The van der Waals surface area contributed by atoms with Crippen molar-refractivity contribution >= 4 is 5.97 Å². The minimum Gasteiger partial charge on any atom is -0.491 e. The summed E-state index contributed by atoms with van der Waals surface area (Å²) in [6, 6.07) is 5.99. The van der Waals surface area contributed by atoms with Gasteiger partial charge in [-0.1, -0.05) is 6.07 Å². The van der Waals surface area contributed by atoms with Crippen LogP contribution < -0.4 is 4.74 Å². The number of hydrogen-bond acceptors (Lipinski definition) is 5. The zero-order valence-electron chi connectivity index (χ0n) is 12.1. The van der Waals surface area contributed by atoms with Gasteiger partial charge in [-0.2, -0.15) is 0 Å². The van der Waals surface area contributed by atoms with Crippen molar-refractivity contribution in [3.05, 3.63) is 30.1 Å². The van der Waals surface area contributed by atoms with Crippen LogP contribution in [-0.4, -0.2) is 56.4 Å². The van der Waals surface area contributed by atoms with E-state index in [0.717, 1.165) is 0 Å². The first-order valence-corrected chi connectivity index (χ1v) is 7.05. The molecule has 0 bridgehead atoms. The topological polar surface area (TPSA) is 48.0 Å². The lowest BCUT2D eigenvalue weighted by Gasteiger charge is -2.31. The first-order chi connectivity index (χ1) is 10.2.